The summed E-state index contributed by atoms with van der Waals surface area (Å²) in [5.41, 5.74) is 0. The van der Waals surface area contributed by atoms with Gasteiger partial charge in [0.25, 0.3) is 0 Å². The molecule has 0 fully saturated rings. The molecule has 0 aliphatic carbocycles. The van der Waals surface area contributed by atoms with E-state index < -0.39 is 29.2 Å². The molecule has 0 unspecified atom stereocenters. The van der Waals surface area contributed by atoms with E-state index in [4.69, 9.17) is 10.5 Å². The van der Waals surface area contributed by atoms with Crippen LogP contribution in [0.3, 0.4) is 0 Å². The summed E-state index contributed by atoms with van der Waals surface area (Å²) in [6, 6.07) is 3.49. The van der Waals surface area contributed by atoms with E-state index in [1.165, 1.54) is 41.5 Å². The van der Waals surface area contributed by atoms with Gasteiger partial charge in [-0.2, -0.15) is 10.5 Å². The van der Waals surface area contributed by atoms with E-state index in [1.807, 2.05) is 0 Å². The van der Waals surface area contributed by atoms with Crippen molar-refractivity contribution in [1.29, 1.82) is 10.5 Å². The molecule has 0 spiro atoms. The van der Waals surface area contributed by atoms with Gasteiger partial charge in [-0.15, -0.1) is 0 Å². The number of nitrogens with zero attached hydrogens (tertiary/aromatic N) is 2. The van der Waals surface area contributed by atoms with Crippen LogP contribution in [0.4, 0.5) is 0 Å². The third-order valence-electron chi connectivity index (χ3n) is 2.85. The van der Waals surface area contributed by atoms with Crippen LogP contribution in [0.15, 0.2) is 0 Å². The molecular weight excluding hydrogens is 300 g/mol. The Bertz CT molecular complexity index is 547. The highest BCUT2D eigenvalue weighted by Crippen LogP contribution is 2.15. The van der Waals surface area contributed by atoms with Crippen molar-refractivity contribution in [2.24, 2.45) is 0 Å². The van der Waals surface area contributed by atoms with Gasteiger partial charge in [0.1, 0.15) is 0 Å². The zero-order chi connectivity index (χ0) is 16.8. The number of hydrogen-bond acceptors (Lipinski definition) is 6. The van der Waals surface area contributed by atoms with Crippen molar-refractivity contribution in [2.75, 3.05) is 11.5 Å². The predicted octanol–water partition coefficient (Wildman–Crippen LogP) is 1.45. The molecule has 0 aliphatic heterocycles. The van der Waals surface area contributed by atoms with Crippen LogP contribution in [0, 0.1) is 22.7 Å². The van der Waals surface area contributed by atoms with Gasteiger partial charge in [-0.25, -0.2) is 16.8 Å². The average molecular weight is 322 g/mol. The van der Waals surface area contributed by atoms with Crippen LogP contribution < -0.4 is 0 Å². The Hall–Kier alpha value is -1.12. The molecule has 0 aliphatic rings. The van der Waals surface area contributed by atoms with Crippen LogP contribution in [0.5, 0.6) is 0 Å². The first kappa shape index (κ1) is 21.2. The molecule has 0 atom stereocenters. The highest BCUT2D eigenvalue weighted by molar-refractivity contribution is 7.93. The van der Waals surface area contributed by atoms with Crippen molar-refractivity contribution < 1.29 is 16.8 Å². The molecule has 0 amide bonds. The Kier molecular flexibility index (Phi) is 7.47. The molecular formula is C12H22N2O4S2. The minimum Gasteiger partial charge on any atom is -0.227 e. The SMILES string of the molecule is CCS(=O)(=O)C(C)(C)C#N.CCS(=O)(=O)C(C)(C)C#N. The van der Waals surface area contributed by atoms with Crippen LogP contribution in [0.25, 0.3) is 0 Å². The zero-order valence-corrected chi connectivity index (χ0v) is 14.4. The van der Waals surface area contributed by atoms with Crippen molar-refractivity contribution in [3.63, 3.8) is 0 Å². The van der Waals surface area contributed by atoms with Crippen molar-refractivity contribution in [3.8, 4) is 12.1 Å². The molecule has 0 aromatic carbocycles. The Morgan fingerprint density at radius 3 is 1.00 bits per heavy atom. The van der Waals surface area contributed by atoms with Crippen molar-refractivity contribution >= 4 is 19.7 Å². The summed E-state index contributed by atoms with van der Waals surface area (Å²) in [7, 11) is -6.42. The fourth-order valence-electron chi connectivity index (χ4n) is 0.861. The molecule has 0 aromatic rings. The van der Waals surface area contributed by atoms with E-state index in [9.17, 15) is 16.8 Å². The van der Waals surface area contributed by atoms with Crippen LogP contribution in [-0.2, 0) is 19.7 Å². The molecule has 20 heavy (non-hydrogen) atoms. The quantitative estimate of drug-likeness (QED) is 0.773. The highest BCUT2D eigenvalue weighted by atomic mass is 32.2. The number of hydrogen-bond donors (Lipinski definition) is 0. The van der Waals surface area contributed by atoms with Crippen LogP contribution in [-0.4, -0.2) is 37.8 Å². The number of sulfone groups is 2. The maximum atomic E-state index is 11.0. The van der Waals surface area contributed by atoms with Gasteiger partial charge in [-0.1, -0.05) is 13.8 Å². The smallest absolute Gasteiger partial charge is 0.168 e. The Morgan fingerprint density at radius 1 is 0.750 bits per heavy atom. The Morgan fingerprint density at radius 2 is 0.950 bits per heavy atom. The van der Waals surface area contributed by atoms with Crippen molar-refractivity contribution in [2.45, 2.75) is 51.0 Å². The maximum Gasteiger partial charge on any atom is 0.168 e. The van der Waals surface area contributed by atoms with E-state index in [-0.39, 0.29) is 11.5 Å². The second-order valence-electron chi connectivity index (χ2n) is 5.05. The molecule has 0 heterocycles. The van der Waals surface area contributed by atoms with Gasteiger partial charge >= 0.3 is 0 Å². The monoisotopic (exact) mass is 322 g/mol. The average Bonchev–Trinajstić information content (AvgIpc) is 2.38. The molecule has 0 saturated heterocycles. The second kappa shape index (κ2) is 7.05. The van der Waals surface area contributed by atoms with Gasteiger partial charge in [-0.3, -0.25) is 0 Å². The Balaban J connectivity index is 0. The summed E-state index contributed by atoms with van der Waals surface area (Å²) in [6.45, 7) is 8.71. The first-order valence-corrected chi connectivity index (χ1v) is 9.32. The second-order valence-corrected chi connectivity index (χ2v) is 10.7. The van der Waals surface area contributed by atoms with Crippen LogP contribution in [0.2, 0.25) is 0 Å². The molecule has 0 radical (unpaired) electrons. The van der Waals surface area contributed by atoms with Crippen molar-refractivity contribution in [1.82, 2.24) is 0 Å². The van der Waals surface area contributed by atoms with E-state index in [0.29, 0.717) is 0 Å². The lowest BCUT2D eigenvalue weighted by Gasteiger charge is -2.13. The number of nitriles is 2. The van der Waals surface area contributed by atoms with Crippen LogP contribution >= 0.6 is 0 Å². The van der Waals surface area contributed by atoms with E-state index in [2.05, 4.69) is 0 Å². The Labute approximate surface area is 122 Å². The molecule has 6 nitrogen and oxygen atoms in total. The molecule has 0 saturated carbocycles. The summed E-state index contributed by atoms with van der Waals surface area (Å²) in [5.74, 6) is 0.0428. The highest BCUT2D eigenvalue weighted by Gasteiger charge is 2.32. The van der Waals surface area contributed by atoms with Gasteiger partial charge < -0.3 is 0 Å². The van der Waals surface area contributed by atoms with Crippen molar-refractivity contribution in [3.05, 3.63) is 0 Å². The first-order valence-electron chi connectivity index (χ1n) is 6.01. The van der Waals surface area contributed by atoms with Gasteiger partial charge in [0.05, 0.1) is 12.1 Å². The lowest BCUT2D eigenvalue weighted by atomic mass is 10.2. The fourth-order valence-corrected chi connectivity index (χ4v) is 2.58. The molecule has 8 heteroatoms. The van der Waals surface area contributed by atoms with Gasteiger partial charge in [-0.05, 0) is 27.7 Å². The topological polar surface area (TPSA) is 116 Å². The molecule has 0 bridgehead atoms. The maximum absolute atomic E-state index is 11.0. The minimum atomic E-state index is -3.21. The largest absolute Gasteiger partial charge is 0.227 e. The van der Waals surface area contributed by atoms with Gasteiger partial charge in [0.15, 0.2) is 29.2 Å². The predicted molar refractivity (Wildman–Crippen MR) is 78.3 cm³/mol. The standard InChI is InChI=1S/2C6H11NO2S/c2*1-4-10(8,9)6(2,3)5-7/h2*4H2,1-3H3. The lowest BCUT2D eigenvalue weighted by molar-refractivity contribution is 0.574. The normalized spacial score (nSPS) is 12.6. The third kappa shape index (κ3) is 5.10. The fraction of sp³-hybridized carbons (Fsp3) is 0.833. The van der Waals surface area contributed by atoms with E-state index >= 15 is 0 Å². The molecule has 0 rings (SSSR count). The van der Waals surface area contributed by atoms with Crippen LogP contribution in [0.1, 0.15) is 41.5 Å². The molecule has 0 aromatic heterocycles. The summed E-state index contributed by atoms with van der Waals surface area (Å²) >= 11 is 0. The zero-order valence-electron chi connectivity index (χ0n) is 12.8. The lowest BCUT2D eigenvalue weighted by Crippen LogP contribution is -2.31. The van der Waals surface area contributed by atoms with E-state index in [0.717, 1.165) is 0 Å². The number of rotatable bonds is 4. The molecule has 116 valence electrons. The molecule has 0 N–H and O–H groups in total. The summed E-state index contributed by atoms with van der Waals surface area (Å²) in [5, 5.41) is 16.9. The van der Waals surface area contributed by atoms with E-state index in [1.54, 1.807) is 12.1 Å². The van der Waals surface area contributed by atoms with Gasteiger partial charge in [0, 0.05) is 11.5 Å². The van der Waals surface area contributed by atoms with Gasteiger partial charge in [0.2, 0.25) is 0 Å². The summed E-state index contributed by atoms with van der Waals surface area (Å²) in [4.78, 5) is 0. The third-order valence-corrected chi connectivity index (χ3v) is 7.67. The minimum absolute atomic E-state index is 0.0214. The summed E-state index contributed by atoms with van der Waals surface area (Å²) in [6.07, 6.45) is 0. The summed E-state index contributed by atoms with van der Waals surface area (Å²) < 4.78 is 41.6. The first-order chi connectivity index (χ1) is 8.74.